The van der Waals surface area contributed by atoms with Crippen molar-refractivity contribution < 1.29 is 9.47 Å². The van der Waals surface area contributed by atoms with Gasteiger partial charge in [0.25, 0.3) is 0 Å². The molecule has 0 saturated heterocycles. The summed E-state index contributed by atoms with van der Waals surface area (Å²) in [5.41, 5.74) is 9.54. The number of ether oxygens (including phenoxy) is 2. The largest absolute Gasteiger partial charge is 0.497 e. The maximum atomic E-state index is 6.49. The first-order valence-electron chi connectivity index (χ1n) is 10.7. The zero-order chi connectivity index (χ0) is 21.6. The molecule has 0 spiro atoms. The van der Waals surface area contributed by atoms with Crippen molar-refractivity contribution in [3.8, 4) is 11.5 Å². The first-order chi connectivity index (χ1) is 14.9. The summed E-state index contributed by atoms with van der Waals surface area (Å²) in [6, 6.07) is 25.3. The predicted octanol–water partition coefficient (Wildman–Crippen LogP) is 5.99. The molecular formula is C27H28N2O2. The number of nitrogens with one attached hydrogen (secondary N) is 1. The van der Waals surface area contributed by atoms with Crippen molar-refractivity contribution in [2.45, 2.75) is 38.5 Å². The van der Waals surface area contributed by atoms with Gasteiger partial charge in [-0.25, -0.2) is 0 Å². The molecule has 2 aliphatic rings. The molecule has 4 heteroatoms. The van der Waals surface area contributed by atoms with Crippen LogP contribution in [-0.4, -0.2) is 12.1 Å². The number of methoxy groups -OCH3 is 1. The molecule has 2 heterocycles. The van der Waals surface area contributed by atoms with Crippen molar-refractivity contribution in [1.29, 1.82) is 0 Å². The molecule has 158 valence electrons. The number of fused-ring (bicyclic) bond motifs is 3. The molecule has 2 atom stereocenters. The van der Waals surface area contributed by atoms with Gasteiger partial charge < -0.3 is 14.9 Å². The summed E-state index contributed by atoms with van der Waals surface area (Å²) in [6.07, 6.45) is 2.06. The Kier molecular flexibility index (Phi) is 4.75. The van der Waals surface area contributed by atoms with Gasteiger partial charge in [0, 0.05) is 11.1 Å². The van der Waals surface area contributed by atoms with E-state index in [0.717, 1.165) is 28.3 Å². The fourth-order valence-electron chi connectivity index (χ4n) is 4.25. The molecular weight excluding hydrogens is 384 g/mol. The average Bonchev–Trinajstić information content (AvgIpc) is 3.24. The third-order valence-electron chi connectivity index (χ3n) is 6.07. The molecule has 0 radical (unpaired) electrons. The van der Waals surface area contributed by atoms with Gasteiger partial charge in [-0.3, -0.25) is 0 Å². The molecule has 2 aliphatic heterocycles. The van der Waals surface area contributed by atoms with Crippen LogP contribution in [0.5, 0.6) is 11.5 Å². The number of para-hydroxylation sites is 1. The topological polar surface area (TPSA) is 33.7 Å². The SMILES string of the molecule is COc1ccc(C2=C[C@H]3c4ccccc4O[C@H](c4ccc(C(C)(C)C)cc4)N3N2)cc1. The zero-order valence-electron chi connectivity index (χ0n) is 18.4. The maximum Gasteiger partial charge on any atom is 0.195 e. The minimum atomic E-state index is -0.221. The Bertz CT molecular complexity index is 1110. The van der Waals surface area contributed by atoms with Crippen molar-refractivity contribution in [2.24, 2.45) is 0 Å². The fraction of sp³-hybridized carbons (Fsp3) is 0.259. The first-order valence-corrected chi connectivity index (χ1v) is 10.7. The summed E-state index contributed by atoms with van der Waals surface area (Å²) in [7, 11) is 1.69. The van der Waals surface area contributed by atoms with Gasteiger partial charge in [0.2, 0.25) is 0 Å². The Labute approximate surface area is 184 Å². The molecule has 5 rings (SSSR count). The van der Waals surface area contributed by atoms with Crippen LogP contribution in [0.15, 0.2) is 78.9 Å². The average molecular weight is 413 g/mol. The van der Waals surface area contributed by atoms with Crippen LogP contribution < -0.4 is 14.9 Å². The molecule has 0 bridgehead atoms. The van der Waals surface area contributed by atoms with Crippen molar-refractivity contribution >= 4 is 5.70 Å². The van der Waals surface area contributed by atoms with Crippen LogP contribution in [0.4, 0.5) is 0 Å². The lowest BCUT2D eigenvalue weighted by molar-refractivity contribution is -0.0326. The fourth-order valence-corrected chi connectivity index (χ4v) is 4.25. The Morgan fingerprint density at radius 3 is 2.29 bits per heavy atom. The first kappa shape index (κ1) is 19.7. The molecule has 0 aliphatic carbocycles. The second-order valence-corrected chi connectivity index (χ2v) is 9.15. The molecule has 0 saturated carbocycles. The highest BCUT2D eigenvalue weighted by molar-refractivity contribution is 5.68. The van der Waals surface area contributed by atoms with Gasteiger partial charge in [-0.1, -0.05) is 63.2 Å². The summed E-state index contributed by atoms with van der Waals surface area (Å²) in [4.78, 5) is 0. The van der Waals surface area contributed by atoms with Crippen LogP contribution in [0.3, 0.4) is 0 Å². The van der Waals surface area contributed by atoms with Gasteiger partial charge in [-0.05, 0) is 52.9 Å². The molecule has 0 fully saturated rings. The Morgan fingerprint density at radius 2 is 1.61 bits per heavy atom. The van der Waals surface area contributed by atoms with E-state index < -0.39 is 0 Å². The van der Waals surface area contributed by atoms with E-state index in [0.29, 0.717) is 0 Å². The van der Waals surface area contributed by atoms with E-state index in [9.17, 15) is 0 Å². The number of rotatable bonds is 3. The van der Waals surface area contributed by atoms with Gasteiger partial charge >= 0.3 is 0 Å². The third kappa shape index (κ3) is 3.57. The van der Waals surface area contributed by atoms with E-state index in [1.807, 2.05) is 18.2 Å². The molecule has 31 heavy (non-hydrogen) atoms. The third-order valence-corrected chi connectivity index (χ3v) is 6.07. The highest BCUT2D eigenvalue weighted by atomic mass is 16.5. The van der Waals surface area contributed by atoms with Gasteiger partial charge in [-0.15, -0.1) is 0 Å². The lowest BCUT2D eigenvalue weighted by Crippen LogP contribution is -2.43. The second-order valence-electron chi connectivity index (χ2n) is 9.15. The molecule has 0 aromatic heterocycles. The molecule has 0 amide bonds. The van der Waals surface area contributed by atoms with Gasteiger partial charge in [0.15, 0.2) is 6.23 Å². The quantitative estimate of drug-likeness (QED) is 0.573. The van der Waals surface area contributed by atoms with Crippen LogP contribution in [0.25, 0.3) is 5.70 Å². The number of hydrogen-bond donors (Lipinski definition) is 1. The molecule has 0 unspecified atom stereocenters. The molecule has 3 aromatic rings. The highest BCUT2D eigenvalue weighted by Crippen LogP contribution is 2.46. The van der Waals surface area contributed by atoms with Gasteiger partial charge in [0.05, 0.1) is 18.8 Å². The standard InChI is InChI=1S/C27H28N2O2/c1-27(2,3)20-13-9-19(10-14-20)26-29-24(22-7-5-6-8-25(22)31-26)17-23(28-29)18-11-15-21(30-4)16-12-18/h5-17,24,26,28H,1-4H3/t24-,26+/m0/s1. The van der Waals surface area contributed by atoms with Crippen LogP contribution in [0.1, 0.15) is 55.3 Å². The summed E-state index contributed by atoms with van der Waals surface area (Å²) in [5, 5.41) is 2.20. The van der Waals surface area contributed by atoms with E-state index in [2.05, 4.69) is 91.9 Å². The molecule has 4 nitrogen and oxygen atoms in total. The normalized spacial score (nSPS) is 20.2. The van der Waals surface area contributed by atoms with Crippen LogP contribution in [-0.2, 0) is 5.41 Å². The Morgan fingerprint density at radius 1 is 0.903 bits per heavy atom. The van der Waals surface area contributed by atoms with Crippen molar-refractivity contribution in [2.75, 3.05) is 7.11 Å². The van der Waals surface area contributed by atoms with E-state index >= 15 is 0 Å². The van der Waals surface area contributed by atoms with Crippen LogP contribution >= 0.6 is 0 Å². The van der Waals surface area contributed by atoms with E-state index in [4.69, 9.17) is 9.47 Å². The Balaban J connectivity index is 1.51. The van der Waals surface area contributed by atoms with E-state index in [-0.39, 0.29) is 17.7 Å². The molecule has 1 N–H and O–H groups in total. The number of hydrazine groups is 1. The highest BCUT2D eigenvalue weighted by Gasteiger charge is 2.40. The summed E-state index contributed by atoms with van der Waals surface area (Å²) in [6.45, 7) is 6.70. The van der Waals surface area contributed by atoms with Crippen molar-refractivity contribution in [1.82, 2.24) is 10.4 Å². The van der Waals surface area contributed by atoms with Gasteiger partial charge in [0.1, 0.15) is 11.5 Å². The summed E-state index contributed by atoms with van der Waals surface area (Å²) >= 11 is 0. The smallest absolute Gasteiger partial charge is 0.195 e. The second kappa shape index (κ2) is 7.47. The molecule has 3 aromatic carbocycles. The summed E-state index contributed by atoms with van der Waals surface area (Å²) in [5.74, 6) is 1.79. The zero-order valence-corrected chi connectivity index (χ0v) is 18.4. The predicted molar refractivity (Wildman–Crippen MR) is 124 cm³/mol. The maximum absolute atomic E-state index is 6.49. The number of hydrogen-bond acceptors (Lipinski definition) is 4. The van der Waals surface area contributed by atoms with Crippen molar-refractivity contribution in [3.63, 3.8) is 0 Å². The van der Waals surface area contributed by atoms with Crippen LogP contribution in [0, 0.1) is 0 Å². The monoisotopic (exact) mass is 412 g/mol. The number of benzene rings is 3. The van der Waals surface area contributed by atoms with Crippen molar-refractivity contribution in [3.05, 3.63) is 101 Å². The van der Waals surface area contributed by atoms with Gasteiger partial charge in [-0.2, -0.15) is 5.01 Å². The minimum absolute atomic E-state index is 0.0920. The minimum Gasteiger partial charge on any atom is -0.497 e. The lowest BCUT2D eigenvalue weighted by atomic mass is 9.86. The van der Waals surface area contributed by atoms with E-state index in [1.54, 1.807) is 7.11 Å². The number of nitrogens with zero attached hydrogens (tertiary/aromatic N) is 1. The van der Waals surface area contributed by atoms with Crippen LogP contribution in [0.2, 0.25) is 0 Å². The Hall–Kier alpha value is -3.24. The lowest BCUT2D eigenvalue weighted by Gasteiger charge is -2.39. The van der Waals surface area contributed by atoms with E-state index in [1.165, 1.54) is 11.1 Å². The summed E-state index contributed by atoms with van der Waals surface area (Å²) < 4.78 is 11.8.